The number of aromatic nitrogens is 1. The lowest BCUT2D eigenvalue weighted by atomic mass is 9.79. The number of fused-ring (bicyclic) bond motifs is 1. The number of benzene rings is 2. The van der Waals surface area contributed by atoms with Crippen LogP contribution in [0.15, 0.2) is 54.6 Å². The van der Waals surface area contributed by atoms with Gasteiger partial charge in [0, 0.05) is 16.6 Å². The monoisotopic (exact) mass is 328 g/mol. The lowest BCUT2D eigenvalue weighted by Crippen LogP contribution is -2.34. The Hall–Kier alpha value is -2.11. The molecule has 5 heteroatoms. The van der Waals surface area contributed by atoms with Gasteiger partial charge in [-0.05, 0) is 31.0 Å². The van der Waals surface area contributed by atoms with Gasteiger partial charge in [0.2, 0.25) is 0 Å². The topological polar surface area (TPSA) is 70.2 Å². The lowest BCUT2D eigenvalue weighted by Gasteiger charge is -2.29. The highest BCUT2D eigenvalue weighted by atomic mass is 32.2. The maximum absolute atomic E-state index is 11.6. The van der Waals surface area contributed by atoms with E-state index in [9.17, 15) is 13.0 Å². The maximum atomic E-state index is 11.6. The van der Waals surface area contributed by atoms with Gasteiger partial charge in [-0.25, -0.2) is 0 Å². The molecule has 23 heavy (non-hydrogen) atoms. The Balaban J connectivity index is 2.28. The highest BCUT2D eigenvalue weighted by Gasteiger charge is 2.37. The van der Waals surface area contributed by atoms with Crippen LogP contribution in [0, 0.1) is 13.8 Å². The molecule has 3 rings (SSSR count). The van der Waals surface area contributed by atoms with Gasteiger partial charge in [0.25, 0.3) is 10.1 Å². The zero-order valence-corrected chi connectivity index (χ0v) is 13.6. The third-order valence-corrected chi connectivity index (χ3v) is 5.06. The summed E-state index contributed by atoms with van der Waals surface area (Å²) in [6.07, 6.45) is 0. The molecule has 4 nitrogen and oxygen atoms in total. The molecule has 1 radical (unpaired) electrons. The van der Waals surface area contributed by atoms with Crippen molar-refractivity contribution in [3.05, 3.63) is 78.3 Å². The Morgan fingerprint density at radius 1 is 1.09 bits per heavy atom. The molecule has 0 saturated carbocycles. The molecule has 0 saturated heterocycles. The van der Waals surface area contributed by atoms with Crippen molar-refractivity contribution in [1.82, 2.24) is 4.98 Å². The standard InChI is InChI=1S/C18H18NO3S/c1-13-15-10-6-7-11-16(15)19-17(13)18(2,12-23(20,21)22)14-8-4-3-5-9-14/h3-11,19H,2,12H2,1H3,(H,20,21,22). The Morgan fingerprint density at radius 3 is 2.30 bits per heavy atom. The minimum atomic E-state index is -4.21. The molecule has 119 valence electrons. The highest BCUT2D eigenvalue weighted by molar-refractivity contribution is 7.85. The number of hydrogen-bond donors (Lipinski definition) is 2. The van der Waals surface area contributed by atoms with Crippen LogP contribution in [0.1, 0.15) is 16.8 Å². The van der Waals surface area contributed by atoms with Crippen molar-refractivity contribution in [2.24, 2.45) is 0 Å². The van der Waals surface area contributed by atoms with Gasteiger partial charge >= 0.3 is 0 Å². The molecule has 3 aromatic rings. The number of H-pyrrole nitrogens is 1. The quantitative estimate of drug-likeness (QED) is 0.720. The van der Waals surface area contributed by atoms with E-state index in [1.54, 1.807) is 0 Å². The third-order valence-electron chi connectivity index (χ3n) is 4.20. The van der Waals surface area contributed by atoms with E-state index in [0.717, 1.165) is 22.0 Å². The van der Waals surface area contributed by atoms with Crippen LogP contribution in [0.5, 0.6) is 0 Å². The minimum Gasteiger partial charge on any atom is -0.357 e. The normalized spacial score (nSPS) is 14.7. The van der Waals surface area contributed by atoms with E-state index >= 15 is 0 Å². The molecular weight excluding hydrogens is 310 g/mol. The number of hydrogen-bond acceptors (Lipinski definition) is 2. The van der Waals surface area contributed by atoms with E-state index in [1.807, 2.05) is 61.5 Å². The summed E-state index contributed by atoms with van der Waals surface area (Å²) in [7, 11) is -4.21. The van der Waals surface area contributed by atoms with E-state index in [2.05, 4.69) is 11.9 Å². The van der Waals surface area contributed by atoms with E-state index in [1.165, 1.54) is 0 Å². The average Bonchev–Trinajstić information content (AvgIpc) is 2.85. The summed E-state index contributed by atoms with van der Waals surface area (Å²) in [6.45, 7) is 6.11. The van der Waals surface area contributed by atoms with Crippen LogP contribution in [0.4, 0.5) is 0 Å². The van der Waals surface area contributed by atoms with Crippen molar-refractivity contribution in [1.29, 1.82) is 0 Å². The molecule has 1 atom stereocenters. The number of nitrogens with one attached hydrogen (secondary N) is 1. The summed E-state index contributed by atoms with van der Waals surface area (Å²) < 4.78 is 32.7. The Kier molecular flexibility index (Phi) is 3.78. The van der Waals surface area contributed by atoms with Gasteiger partial charge < -0.3 is 4.98 Å². The first kappa shape index (κ1) is 15.8. The smallest absolute Gasteiger partial charge is 0.266 e. The third kappa shape index (κ3) is 2.90. The molecule has 1 heterocycles. The van der Waals surface area contributed by atoms with Crippen LogP contribution >= 0.6 is 0 Å². The van der Waals surface area contributed by atoms with Gasteiger partial charge in [-0.2, -0.15) is 8.42 Å². The first-order valence-corrected chi connectivity index (χ1v) is 8.86. The molecule has 0 spiro atoms. The Morgan fingerprint density at radius 2 is 1.70 bits per heavy atom. The lowest BCUT2D eigenvalue weighted by molar-refractivity contribution is 0.471. The van der Waals surface area contributed by atoms with Crippen LogP contribution in [0.2, 0.25) is 0 Å². The predicted octanol–water partition coefficient (Wildman–Crippen LogP) is 3.48. The second-order valence-corrected chi connectivity index (χ2v) is 7.30. The Labute approximate surface area is 135 Å². The van der Waals surface area contributed by atoms with Gasteiger partial charge in [0.05, 0.1) is 11.2 Å². The van der Waals surface area contributed by atoms with Gasteiger partial charge in [0.1, 0.15) is 0 Å². The molecule has 2 aromatic carbocycles. The second kappa shape index (κ2) is 5.51. The Bertz CT molecular complexity index is 945. The number of para-hydroxylation sites is 1. The first-order chi connectivity index (χ1) is 10.8. The number of rotatable bonds is 4. The molecule has 2 N–H and O–H groups in total. The van der Waals surface area contributed by atoms with Gasteiger partial charge in [-0.3, -0.25) is 4.55 Å². The summed E-state index contributed by atoms with van der Waals surface area (Å²) in [5.74, 6) is -0.488. The molecule has 1 unspecified atom stereocenters. The van der Waals surface area contributed by atoms with E-state index in [4.69, 9.17) is 0 Å². The van der Waals surface area contributed by atoms with Crippen molar-refractivity contribution < 1.29 is 13.0 Å². The molecule has 0 fully saturated rings. The molecule has 0 aliphatic carbocycles. The van der Waals surface area contributed by atoms with Crippen LogP contribution in [0.3, 0.4) is 0 Å². The molecule has 1 aromatic heterocycles. The zero-order chi connectivity index (χ0) is 16.7. The van der Waals surface area contributed by atoms with Crippen molar-refractivity contribution >= 4 is 21.0 Å². The first-order valence-electron chi connectivity index (χ1n) is 7.25. The number of aryl methyl sites for hydroxylation is 1. The fourth-order valence-corrected chi connectivity index (χ4v) is 4.06. The van der Waals surface area contributed by atoms with E-state index < -0.39 is 21.3 Å². The second-order valence-electron chi connectivity index (χ2n) is 5.84. The summed E-state index contributed by atoms with van der Waals surface area (Å²) in [6, 6.07) is 16.9. The molecular formula is C18H18NO3S. The highest BCUT2D eigenvalue weighted by Crippen LogP contribution is 2.37. The minimum absolute atomic E-state index is 0.488. The fraction of sp³-hybridized carbons (Fsp3) is 0.167. The van der Waals surface area contributed by atoms with Crippen molar-refractivity contribution in [3.8, 4) is 0 Å². The van der Waals surface area contributed by atoms with Crippen molar-refractivity contribution in [2.45, 2.75) is 12.3 Å². The maximum Gasteiger partial charge on any atom is 0.266 e. The van der Waals surface area contributed by atoms with Crippen LogP contribution in [-0.4, -0.2) is 23.7 Å². The zero-order valence-electron chi connectivity index (χ0n) is 12.8. The molecule has 0 aliphatic heterocycles. The van der Waals surface area contributed by atoms with E-state index in [-0.39, 0.29) is 0 Å². The summed E-state index contributed by atoms with van der Waals surface area (Å²) in [5, 5.41) is 1.02. The van der Waals surface area contributed by atoms with Crippen molar-refractivity contribution in [2.75, 3.05) is 5.75 Å². The summed E-state index contributed by atoms with van der Waals surface area (Å²) >= 11 is 0. The summed E-state index contributed by atoms with van der Waals surface area (Å²) in [4.78, 5) is 3.29. The van der Waals surface area contributed by atoms with E-state index in [0.29, 0.717) is 5.69 Å². The predicted molar refractivity (Wildman–Crippen MR) is 92.0 cm³/mol. The van der Waals surface area contributed by atoms with Crippen LogP contribution in [0.25, 0.3) is 10.9 Å². The molecule has 0 amide bonds. The largest absolute Gasteiger partial charge is 0.357 e. The fourth-order valence-electron chi connectivity index (χ4n) is 3.13. The average molecular weight is 328 g/mol. The molecule has 0 aliphatic rings. The van der Waals surface area contributed by atoms with Crippen LogP contribution in [-0.2, 0) is 15.5 Å². The summed E-state index contributed by atoms with van der Waals surface area (Å²) in [5.41, 5.74) is 2.16. The van der Waals surface area contributed by atoms with Crippen LogP contribution < -0.4 is 0 Å². The SMILES string of the molecule is [CH2]C(CS(=O)(=O)O)(c1ccccc1)c1[nH]c2ccccc2c1C. The number of aromatic amines is 1. The molecule has 0 bridgehead atoms. The van der Waals surface area contributed by atoms with Gasteiger partial charge in [-0.1, -0.05) is 48.5 Å². The van der Waals surface area contributed by atoms with Gasteiger partial charge in [-0.15, -0.1) is 0 Å². The van der Waals surface area contributed by atoms with Gasteiger partial charge in [0.15, 0.2) is 0 Å². The van der Waals surface area contributed by atoms with Crippen molar-refractivity contribution in [3.63, 3.8) is 0 Å².